The van der Waals surface area contributed by atoms with Gasteiger partial charge in [-0.15, -0.1) is 0 Å². The minimum atomic E-state index is -2.22. The van der Waals surface area contributed by atoms with E-state index < -0.39 is 70.9 Å². The van der Waals surface area contributed by atoms with Crippen molar-refractivity contribution in [3.05, 3.63) is 59.7 Å². The van der Waals surface area contributed by atoms with Crippen LogP contribution in [0.3, 0.4) is 0 Å². The molecule has 0 radical (unpaired) electrons. The normalized spacial score (nSPS) is 55.0. The molecule has 8 nitrogen and oxygen atoms in total. The number of ether oxygens (including phenoxy) is 4. The van der Waals surface area contributed by atoms with Crippen LogP contribution in [-0.2, 0) is 29.7 Å². The van der Waals surface area contributed by atoms with E-state index in [0.29, 0.717) is 17.6 Å². The summed E-state index contributed by atoms with van der Waals surface area (Å²) in [6.45, 7) is 9.26. The van der Waals surface area contributed by atoms with E-state index in [-0.39, 0.29) is 5.92 Å². The number of Topliss-reactive ketones (excluding diaryl/α,β-unsaturated/α-hetero) is 1. The lowest BCUT2D eigenvalue weighted by atomic mass is 9.54. The molecule has 0 aromatic heterocycles. The van der Waals surface area contributed by atoms with Gasteiger partial charge in [-0.3, -0.25) is 4.79 Å². The van der Waals surface area contributed by atoms with Gasteiger partial charge in [-0.2, -0.15) is 0 Å². The molecule has 3 aliphatic heterocycles. The lowest BCUT2D eigenvalue weighted by Gasteiger charge is -2.59. The van der Waals surface area contributed by atoms with E-state index in [1.807, 2.05) is 44.2 Å². The van der Waals surface area contributed by atoms with Crippen molar-refractivity contribution in [2.24, 2.45) is 17.8 Å². The molecule has 7 rings (SSSR count). The van der Waals surface area contributed by atoms with Crippen molar-refractivity contribution in [1.29, 1.82) is 0 Å². The van der Waals surface area contributed by atoms with Crippen molar-refractivity contribution in [3.63, 3.8) is 0 Å². The molecule has 3 heterocycles. The molecule has 0 amide bonds. The van der Waals surface area contributed by atoms with Gasteiger partial charge in [-0.05, 0) is 37.3 Å². The Hall–Kier alpha value is -1.91. The summed E-state index contributed by atoms with van der Waals surface area (Å²) in [7, 11) is 0. The number of ketones is 1. The summed E-state index contributed by atoms with van der Waals surface area (Å²) >= 11 is 0. The van der Waals surface area contributed by atoms with Crippen LogP contribution >= 0.6 is 0 Å². The standard InChI is InChI=1S/C27H30O8/c1-13(2)23-11-15(4)26-17-10-14(3)19(29)25(17,31)22(30)24(12-28)21(32-24)18(26)20(23)33-27(34-23,35-26)16-8-6-5-7-9-16/h5-10,15,17-18,20-22,28,30-31H,1,11-12H2,2-4H3/t15-,17+,18-,20-,21+,22-,23-,24+,25-,26+,27-/m1/s1. The molecule has 3 aliphatic carbocycles. The quantitative estimate of drug-likeness (QED) is 0.436. The lowest BCUT2D eigenvalue weighted by Crippen LogP contribution is -2.72. The van der Waals surface area contributed by atoms with E-state index >= 15 is 0 Å². The smallest absolute Gasteiger partial charge is 0.313 e. The fourth-order valence-electron chi connectivity index (χ4n) is 8.10. The van der Waals surface area contributed by atoms with Crippen LogP contribution in [0.4, 0.5) is 0 Å². The third kappa shape index (κ3) is 2.16. The zero-order valence-corrected chi connectivity index (χ0v) is 19.9. The predicted octanol–water partition coefficient (Wildman–Crippen LogP) is 1.33. The predicted molar refractivity (Wildman–Crippen MR) is 121 cm³/mol. The van der Waals surface area contributed by atoms with E-state index in [2.05, 4.69) is 6.58 Å². The van der Waals surface area contributed by atoms with E-state index in [1.54, 1.807) is 13.0 Å². The van der Waals surface area contributed by atoms with Crippen molar-refractivity contribution in [3.8, 4) is 0 Å². The average Bonchev–Trinajstić information content (AvgIpc) is 3.48. The largest absolute Gasteiger partial charge is 0.393 e. The summed E-state index contributed by atoms with van der Waals surface area (Å²) < 4.78 is 26.5. The van der Waals surface area contributed by atoms with Gasteiger partial charge in [0.05, 0.1) is 12.2 Å². The van der Waals surface area contributed by atoms with Crippen LogP contribution < -0.4 is 0 Å². The number of rotatable bonds is 3. The Labute approximate surface area is 203 Å². The van der Waals surface area contributed by atoms with Gasteiger partial charge in [0.1, 0.15) is 29.5 Å². The second-order valence-corrected chi connectivity index (χ2v) is 11.4. The van der Waals surface area contributed by atoms with Crippen molar-refractivity contribution in [2.75, 3.05) is 6.61 Å². The van der Waals surface area contributed by atoms with Gasteiger partial charge in [-0.25, -0.2) is 0 Å². The van der Waals surface area contributed by atoms with E-state index in [0.717, 1.165) is 5.57 Å². The summed E-state index contributed by atoms with van der Waals surface area (Å²) in [5.74, 6) is -3.85. The highest BCUT2D eigenvalue weighted by Crippen LogP contribution is 2.73. The van der Waals surface area contributed by atoms with Crippen LogP contribution in [0, 0.1) is 17.8 Å². The zero-order chi connectivity index (χ0) is 24.8. The summed E-state index contributed by atoms with van der Waals surface area (Å²) in [4.78, 5) is 13.5. The minimum Gasteiger partial charge on any atom is -0.393 e. The molecule has 0 spiro atoms. The maximum atomic E-state index is 13.5. The number of hydrogen-bond acceptors (Lipinski definition) is 8. The maximum absolute atomic E-state index is 13.5. The molecule has 1 aromatic carbocycles. The second-order valence-electron chi connectivity index (χ2n) is 11.4. The Kier molecular flexibility index (Phi) is 4.02. The van der Waals surface area contributed by atoms with E-state index in [9.17, 15) is 20.1 Å². The molecule has 0 unspecified atom stereocenters. The van der Waals surface area contributed by atoms with Crippen LogP contribution in [0.15, 0.2) is 54.1 Å². The zero-order valence-electron chi connectivity index (χ0n) is 19.9. The van der Waals surface area contributed by atoms with Crippen LogP contribution in [0.1, 0.15) is 32.8 Å². The first-order valence-corrected chi connectivity index (χ1v) is 12.3. The second kappa shape index (κ2) is 6.31. The number of benzene rings is 1. The molecule has 6 aliphatic rings. The summed E-state index contributed by atoms with van der Waals surface area (Å²) in [6.07, 6.45) is -0.731. The Morgan fingerprint density at radius 3 is 2.54 bits per heavy atom. The molecular formula is C27H30O8. The van der Waals surface area contributed by atoms with Crippen molar-refractivity contribution in [1.82, 2.24) is 0 Å². The third-order valence-electron chi connectivity index (χ3n) is 9.77. The summed E-state index contributed by atoms with van der Waals surface area (Å²) in [5.41, 5.74) is -4.05. The molecule has 8 heteroatoms. The number of aliphatic hydroxyl groups is 3. The molecule has 11 atom stereocenters. The monoisotopic (exact) mass is 482 g/mol. The number of fused-ring (bicyclic) bond motifs is 3. The average molecular weight is 483 g/mol. The number of aliphatic hydroxyl groups excluding tert-OH is 2. The first-order chi connectivity index (χ1) is 16.5. The SMILES string of the molecule is C=C(C)[C@]12C[C@@H](C)[C@@]34O[C@](c5ccccc5)(O[C@@H]1[C@@H]3[C@@H]1O[C@]1(CO)[C@@H](O)[C@]1(O)C(=O)C(C)=C[C@@H]14)O2. The number of carbonyl (C=O) groups excluding carboxylic acids is 1. The highest BCUT2D eigenvalue weighted by Gasteiger charge is 2.88. The highest BCUT2D eigenvalue weighted by atomic mass is 16.9. The van der Waals surface area contributed by atoms with Crippen LogP contribution in [0.2, 0.25) is 0 Å². The number of epoxide rings is 1. The number of carbonyl (C=O) groups is 1. The van der Waals surface area contributed by atoms with Gasteiger partial charge < -0.3 is 34.3 Å². The molecule has 186 valence electrons. The van der Waals surface area contributed by atoms with Gasteiger partial charge in [0.15, 0.2) is 11.4 Å². The topological polar surface area (TPSA) is 118 Å². The van der Waals surface area contributed by atoms with Crippen molar-refractivity contribution < 1.29 is 39.1 Å². The van der Waals surface area contributed by atoms with Crippen molar-refractivity contribution in [2.45, 2.75) is 73.9 Å². The molecule has 2 saturated carbocycles. The molecule has 35 heavy (non-hydrogen) atoms. The van der Waals surface area contributed by atoms with Gasteiger partial charge in [0.25, 0.3) is 0 Å². The van der Waals surface area contributed by atoms with E-state index in [1.165, 1.54) is 0 Å². The molecule has 1 aromatic rings. The molecule has 3 N–H and O–H groups in total. The fraction of sp³-hybridized carbons (Fsp3) is 0.593. The maximum Gasteiger partial charge on any atom is 0.313 e. The van der Waals surface area contributed by atoms with Crippen LogP contribution in [0.25, 0.3) is 0 Å². The van der Waals surface area contributed by atoms with Gasteiger partial charge in [-0.1, -0.05) is 49.9 Å². The highest BCUT2D eigenvalue weighted by molar-refractivity contribution is 6.05. The van der Waals surface area contributed by atoms with Crippen LogP contribution in [-0.4, -0.2) is 68.4 Å². The van der Waals surface area contributed by atoms with E-state index in [4.69, 9.17) is 18.9 Å². The first-order valence-electron chi connectivity index (χ1n) is 12.3. The Bertz CT molecular complexity index is 1200. The summed E-state index contributed by atoms with van der Waals surface area (Å²) in [5, 5.41) is 34.0. The molecular weight excluding hydrogens is 452 g/mol. The van der Waals surface area contributed by atoms with Crippen molar-refractivity contribution >= 4 is 5.78 Å². The van der Waals surface area contributed by atoms with Gasteiger partial charge >= 0.3 is 5.97 Å². The Morgan fingerprint density at radius 1 is 1.17 bits per heavy atom. The third-order valence-corrected chi connectivity index (χ3v) is 9.77. The fourth-order valence-corrected chi connectivity index (χ4v) is 8.10. The number of hydrogen-bond donors (Lipinski definition) is 3. The van der Waals surface area contributed by atoms with Crippen LogP contribution in [0.5, 0.6) is 0 Å². The molecule has 5 fully saturated rings. The van der Waals surface area contributed by atoms with Gasteiger partial charge in [0.2, 0.25) is 0 Å². The van der Waals surface area contributed by atoms with Gasteiger partial charge in [0, 0.05) is 17.4 Å². The minimum absolute atomic E-state index is 0.243. The molecule has 3 saturated heterocycles. The Morgan fingerprint density at radius 2 is 1.89 bits per heavy atom. The lowest BCUT2D eigenvalue weighted by molar-refractivity contribution is -0.439. The first kappa shape index (κ1) is 22.3. The molecule has 3 bridgehead atoms. The summed E-state index contributed by atoms with van der Waals surface area (Å²) in [6, 6.07) is 9.35. The Balaban J connectivity index is 1.53.